The first-order valence-electron chi connectivity index (χ1n) is 6.64. The second-order valence-electron chi connectivity index (χ2n) is 4.71. The van der Waals surface area contributed by atoms with Crippen LogP contribution in [0.15, 0.2) is 55.0 Å². The first kappa shape index (κ1) is 12.5. The molecule has 3 rings (SSSR count). The van der Waals surface area contributed by atoms with E-state index in [2.05, 4.69) is 9.97 Å². The predicted molar refractivity (Wildman–Crippen MR) is 76.6 cm³/mol. The zero-order chi connectivity index (χ0) is 13.8. The number of rotatable bonds is 3. The Kier molecular flexibility index (Phi) is 3.54. The highest BCUT2D eigenvalue weighted by Gasteiger charge is 2.32. The Bertz CT molecular complexity index is 610. The van der Waals surface area contributed by atoms with Gasteiger partial charge in [-0.05, 0) is 24.1 Å². The quantitative estimate of drug-likeness (QED) is 0.801. The van der Waals surface area contributed by atoms with Crippen molar-refractivity contribution < 1.29 is 4.79 Å². The Morgan fingerprint density at radius 2 is 2.10 bits per heavy atom. The summed E-state index contributed by atoms with van der Waals surface area (Å²) < 4.78 is 0. The molecule has 0 saturated carbocycles. The molecule has 0 radical (unpaired) electrons. The summed E-state index contributed by atoms with van der Waals surface area (Å²) in [6, 6.07) is 11.8. The molecule has 0 spiro atoms. The van der Waals surface area contributed by atoms with Crippen LogP contribution in [0.1, 0.15) is 23.7 Å². The van der Waals surface area contributed by atoms with Crippen LogP contribution >= 0.6 is 0 Å². The van der Waals surface area contributed by atoms with Gasteiger partial charge in [0.05, 0.1) is 11.7 Å². The first-order valence-corrected chi connectivity index (χ1v) is 6.64. The summed E-state index contributed by atoms with van der Waals surface area (Å²) in [5.41, 5.74) is 1.94. The van der Waals surface area contributed by atoms with E-state index >= 15 is 0 Å². The average molecular weight is 265 g/mol. The van der Waals surface area contributed by atoms with Gasteiger partial charge >= 0.3 is 0 Å². The summed E-state index contributed by atoms with van der Waals surface area (Å²) >= 11 is 0. The zero-order valence-electron chi connectivity index (χ0n) is 11.0. The summed E-state index contributed by atoms with van der Waals surface area (Å²) in [6.45, 7) is 0.784. The lowest BCUT2D eigenvalue weighted by Gasteiger charge is -2.39. The largest absolute Gasteiger partial charge is 0.330 e. The Balaban J connectivity index is 1.68. The van der Waals surface area contributed by atoms with Crippen molar-refractivity contribution in [3.8, 4) is 0 Å². The summed E-state index contributed by atoms with van der Waals surface area (Å²) in [4.78, 5) is 22.1. The highest BCUT2D eigenvalue weighted by molar-refractivity contribution is 5.92. The zero-order valence-corrected chi connectivity index (χ0v) is 11.0. The topological polar surface area (TPSA) is 46.1 Å². The smallest absolute Gasteiger partial charge is 0.247 e. The van der Waals surface area contributed by atoms with E-state index in [9.17, 15) is 4.79 Å². The predicted octanol–water partition coefficient (Wildman–Crippen LogP) is 2.46. The molecule has 1 aliphatic rings. The van der Waals surface area contributed by atoms with Crippen molar-refractivity contribution in [1.82, 2.24) is 14.9 Å². The number of likely N-dealkylation sites (tertiary alicyclic amines) is 1. The number of amides is 1. The fraction of sp³-hybridized carbons (Fsp3) is 0.188. The minimum absolute atomic E-state index is 0.0312. The van der Waals surface area contributed by atoms with E-state index in [4.69, 9.17) is 0 Å². The standard InChI is InChI=1S/C16H15N3O/c20-16(7-6-13-4-2-1-3-5-13)19-11-9-15(19)14-8-10-17-12-18-14/h1-8,10,12,15H,9,11H2/b7-6+. The molecule has 1 aromatic heterocycles. The Hall–Kier alpha value is -2.49. The number of nitrogens with zero attached hydrogens (tertiary/aromatic N) is 3. The van der Waals surface area contributed by atoms with Crippen LogP contribution in [0.4, 0.5) is 0 Å². The molecular formula is C16H15N3O. The fourth-order valence-corrected chi connectivity index (χ4v) is 2.28. The monoisotopic (exact) mass is 265 g/mol. The van der Waals surface area contributed by atoms with Gasteiger partial charge in [-0.15, -0.1) is 0 Å². The lowest BCUT2D eigenvalue weighted by Crippen LogP contribution is -2.44. The van der Waals surface area contributed by atoms with Crippen molar-refractivity contribution in [3.05, 3.63) is 66.3 Å². The molecule has 1 aliphatic heterocycles. The van der Waals surface area contributed by atoms with Gasteiger partial charge in [0, 0.05) is 18.8 Å². The Morgan fingerprint density at radius 1 is 1.25 bits per heavy atom. The van der Waals surface area contributed by atoms with E-state index in [0.29, 0.717) is 0 Å². The maximum atomic E-state index is 12.2. The SMILES string of the molecule is O=C(/C=C/c1ccccc1)N1CCC1c1ccncn1. The van der Waals surface area contributed by atoms with E-state index in [0.717, 1.165) is 24.2 Å². The number of benzene rings is 1. The molecule has 1 aromatic carbocycles. The molecule has 1 unspecified atom stereocenters. The van der Waals surface area contributed by atoms with E-state index in [-0.39, 0.29) is 11.9 Å². The van der Waals surface area contributed by atoms with Gasteiger partial charge in [0.15, 0.2) is 0 Å². The number of aromatic nitrogens is 2. The molecule has 100 valence electrons. The minimum atomic E-state index is 0.0312. The van der Waals surface area contributed by atoms with E-state index < -0.39 is 0 Å². The molecular weight excluding hydrogens is 250 g/mol. The van der Waals surface area contributed by atoms with Gasteiger partial charge in [-0.25, -0.2) is 9.97 Å². The van der Waals surface area contributed by atoms with Crippen LogP contribution in [0.25, 0.3) is 6.08 Å². The molecule has 20 heavy (non-hydrogen) atoms. The van der Waals surface area contributed by atoms with Gasteiger partial charge < -0.3 is 4.90 Å². The molecule has 1 atom stereocenters. The van der Waals surface area contributed by atoms with E-state index in [1.165, 1.54) is 6.33 Å². The van der Waals surface area contributed by atoms with Gasteiger partial charge in [-0.2, -0.15) is 0 Å². The summed E-state index contributed by atoms with van der Waals surface area (Å²) in [6.07, 6.45) is 7.67. The highest BCUT2D eigenvalue weighted by atomic mass is 16.2. The third-order valence-corrected chi connectivity index (χ3v) is 3.47. The van der Waals surface area contributed by atoms with E-state index in [1.54, 1.807) is 12.3 Å². The van der Waals surface area contributed by atoms with Crippen LogP contribution in [-0.4, -0.2) is 27.3 Å². The molecule has 4 heteroatoms. The molecule has 1 fully saturated rings. The first-order chi connectivity index (χ1) is 9.84. The van der Waals surface area contributed by atoms with Crippen LogP contribution in [0.3, 0.4) is 0 Å². The number of hydrogen-bond acceptors (Lipinski definition) is 3. The lowest BCUT2D eigenvalue weighted by atomic mass is 9.99. The van der Waals surface area contributed by atoms with Crippen LogP contribution < -0.4 is 0 Å². The van der Waals surface area contributed by atoms with Crippen molar-refractivity contribution >= 4 is 12.0 Å². The normalized spacial score (nSPS) is 18.0. The van der Waals surface area contributed by atoms with Gasteiger partial charge in [0.25, 0.3) is 0 Å². The van der Waals surface area contributed by atoms with Crippen molar-refractivity contribution in [2.24, 2.45) is 0 Å². The fourth-order valence-electron chi connectivity index (χ4n) is 2.28. The molecule has 1 amide bonds. The van der Waals surface area contributed by atoms with E-state index in [1.807, 2.05) is 47.4 Å². The Labute approximate surface area is 117 Å². The summed E-state index contributed by atoms with van der Waals surface area (Å²) in [7, 11) is 0. The third kappa shape index (κ3) is 2.59. The Morgan fingerprint density at radius 3 is 2.75 bits per heavy atom. The number of carbonyl (C=O) groups is 1. The van der Waals surface area contributed by atoms with Gasteiger partial charge in [-0.1, -0.05) is 30.3 Å². The molecule has 0 bridgehead atoms. The lowest BCUT2D eigenvalue weighted by molar-refractivity contribution is -0.133. The van der Waals surface area contributed by atoms with Crippen molar-refractivity contribution in [2.45, 2.75) is 12.5 Å². The second-order valence-corrected chi connectivity index (χ2v) is 4.71. The molecule has 2 heterocycles. The van der Waals surface area contributed by atoms with Gasteiger partial charge in [0.2, 0.25) is 5.91 Å². The molecule has 4 nitrogen and oxygen atoms in total. The maximum Gasteiger partial charge on any atom is 0.247 e. The molecule has 0 aliphatic carbocycles. The summed E-state index contributed by atoms with van der Waals surface area (Å²) in [5, 5.41) is 0. The maximum absolute atomic E-state index is 12.2. The van der Waals surface area contributed by atoms with Gasteiger partial charge in [-0.3, -0.25) is 4.79 Å². The highest BCUT2D eigenvalue weighted by Crippen LogP contribution is 2.31. The number of carbonyl (C=O) groups excluding carboxylic acids is 1. The minimum Gasteiger partial charge on any atom is -0.330 e. The van der Waals surface area contributed by atoms with Crippen LogP contribution in [-0.2, 0) is 4.79 Å². The number of hydrogen-bond donors (Lipinski definition) is 0. The molecule has 1 saturated heterocycles. The third-order valence-electron chi connectivity index (χ3n) is 3.47. The van der Waals surface area contributed by atoms with Crippen molar-refractivity contribution in [2.75, 3.05) is 6.54 Å². The van der Waals surface area contributed by atoms with Crippen LogP contribution in [0, 0.1) is 0 Å². The van der Waals surface area contributed by atoms with Crippen LogP contribution in [0.5, 0.6) is 0 Å². The van der Waals surface area contributed by atoms with Crippen LogP contribution in [0.2, 0.25) is 0 Å². The van der Waals surface area contributed by atoms with Crippen molar-refractivity contribution in [3.63, 3.8) is 0 Å². The van der Waals surface area contributed by atoms with Crippen molar-refractivity contribution in [1.29, 1.82) is 0 Å². The second kappa shape index (κ2) is 5.65. The molecule has 2 aromatic rings. The molecule has 0 N–H and O–H groups in total. The van der Waals surface area contributed by atoms with Gasteiger partial charge in [0.1, 0.15) is 6.33 Å². The average Bonchev–Trinajstić information content (AvgIpc) is 2.46. The summed E-state index contributed by atoms with van der Waals surface area (Å²) in [5.74, 6) is 0.0312.